The van der Waals surface area contributed by atoms with Crippen LogP contribution in [0.4, 0.5) is 5.69 Å². The van der Waals surface area contributed by atoms with Crippen molar-refractivity contribution in [3.63, 3.8) is 0 Å². The number of hydrogen-bond donors (Lipinski definition) is 2. The first-order chi connectivity index (χ1) is 11.2. The van der Waals surface area contributed by atoms with Crippen LogP contribution < -0.4 is 0 Å². The molecule has 0 bridgehead atoms. The molecule has 4 rings (SSSR count). The molecule has 6 heteroatoms. The van der Waals surface area contributed by atoms with E-state index in [-0.39, 0.29) is 5.69 Å². The van der Waals surface area contributed by atoms with Crippen LogP contribution in [0.5, 0.6) is 0 Å². The summed E-state index contributed by atoms with van der Waals surface area (Å²) in [7, 11) is 0. The number of non-ortho nitro benzene ring substituents is 1. The maximum Gasteiger partial charge on any atom is 0.270 e. The molecular formula is C17H11N3O3. The third kappa shape index (κ3) is 2.00. The van der Waals surface area contributed by atoms with Crippen LogP contribution in [0.1, 0.15) is 10.4 Å². The highest BCUT2D eigenvalue weighted by Gasteiger charge is 2.14. The summed E-state index contributed by atoms with van der Waals surface area (Å²) in [4.78, 5) is 27.8. The Hall–Kier alpha value is -3.41. The zero-order valence-electron chi connectivity index (χ0n) is 11.9. The van der Waals surface area contributed by atoms with Crippen LogP contribution in [0, 0.1) is 10.1 Å². The van der Waals surface area contributed by atoms with Gasteiger partial charge < -0.3 is 9.97 Å². The van der Waals surface area contributed by atoms with Crippen molar-refractivity contribution in [2.24, 2.45) is 0 Å². The lowest BCUT2D eigenvalue weighted by atomic mass is 10.0. The standard InChI is InChI=1S/C17H11N3O3/c21-9-10-1-3-12-14(7-19-17(12)5-10)15-8-18-16-4-2-11(20(22)23)6-13(15)16/h1-9,18-19H. The summed E-state index contributed by atoms with van der Waals surface area (Å²) in [6, 6.07) is 10.2. The van der Waals surface area contributed by atoms with Gasteiger partial charge in [-0.3, -0.25) is 14.9 Å². The minimum absolute atomic E-state index is 0.0569. The van der Waals surface area contributed by atoms with E-state index in [9.17, 15) is 14.9 Å². The van der Waals surface area contributed by atoms with Gasteiger partial charge in [-0.05, 0) is 12.1 Å². The average Bonchev–Trinajstić information content (AvgIpc) is 3.16. The number of hydrogen-bond acceptors (Lipinski definition) is 3. The third-order valence-corrected chi connectivity index (χ3v) is 4.01. The number of fused-ring (bicyclic) bond motifs is 2. The van der Waals surface area contributed by atoms with E-state index in [2.05, 4.69) is 9.97 Å². The summed E-state index contributed by atoms with van der Waals surface area (Å²) in [5.41, 5.74) is 4.16. The molecular weight excluding hydrogens is 294 g/mol. The second-order valence-electron chi connectivity index (χ2n) is 5.31. The number of nitro benzene ring substituents is 1. The van der Waals surface area contributed by atoms with Crippen molar-refractivity contribution in [3.05, 3.63) is 64.5 Å². The summed E-state index contributed by atoms with van der Waals surface area (Å²) in [6.07, 6.45) is 4.49. The van der Waals surface area contributed by atoms with E-state index in [0.717, 1.165) is 39.2 Å². The van der Waals surface area contributed by atoms with Crippen molar-refractivity contribution in [2.45, 2.75) is 0 Å². The SMILES string of the molecule is O=Cc1ccc2c(-c3c[nH]c4ccc([N+](=O)[O-])cc34)c[nH]c2c1. The van der Waals surface area contributed by atoms with Gasteiger partial charge in [0, 0.05) is 63.0 Å². The number of nitrogens with zero attached hydrogens (tertiary/aromatic N) is 1. The Balaban J connectivity index is 1.97. The van der Waals surface area contributed by atoms with E-state index in [4.69, 9.17) is 0 Å². The van der Waals surface area contributed by atoms with Crippen molar-refractivity contribution >= 4 is 33.8 Å². The van der Waals surface area contributed by atoms with Gasteiger partial charge in [-0.2, -0.15) is 0 Å². The average molecular weight is 305 g/mol. The van der Waals surface area contributed by atoms with E-state index in [1.54, 1.807) is 24.3 Å². The molecule has 0 saturated carbocycles. The van der Waals surface area contributed by atoms with Crippen molar-refractivity contribution in [1.29, 1.82) is 0 Å². The van der Waals surface area contributed by atoms with Crippen LogP contribution in [-0.2, 0) is 0 Å². The van der Waals surface area contributed by atoms with Gasteiger partial charge in [0.25, 0.3) is 5.69 Å². The summed E-state index contributed by atoms with van der Waals surface area (Å²) in [5, 5.41) is 12.8. The molecule has 0 spiro atoms. The molecule has 23 heavy (non-hydrogen) atoms. The molecule has 6 nitrogen and oxygen atoms in total. The molecule has 0 amide bonds. The molecule has 0 atom stereocenters. The lowest BCUT2D eigenvalue weighted by Crippen LogP contribution is -1.86. The van der Waals surface area contributed by atoms with E-state index >= 15 is 0 Å². The Morgan fingerprint density at radius 2 is 1.65 bits per heavy atom. The Labute approximate surface area is 129 Å². The molecule has 2 aromatic heterocycles. The number of aromatic nitrogens is 2. The normalized spacial score (nSPS) is 11.1. The summed E-state index contributed by atoms with van der Waals surface area (Å²) < 4.78 is 0. The first kappa shape index (κ1) is 13.3. The molecule has 112 valence electrons. The number of aldehydes is 1. The summed E-state index contributed by atoms with van der Waals surface area (Å²) in [6.45, 7) is 0. The van der Waals surface area contributed by atoms with Gasteiger partial charge in [0.05, 0.1) is 4.92 Å². The second-order valence-corrected chi connectivity index (χ2v) is 5.31. The number of H-pyrrole nitrogens is 2. The maximum absolute atomic E-state index is 11.0. The van der Waals surface area contributed by atoms with Crippen molar-refractivity contribution < 1.29 is 9.72 Å². The quantitative estimate of drug-likeness (QED) is 0.340. The van der Waals surface area contributed by atoms with Crippen molar-refractivity contribution in [1.82, 2.24) is 9.97 Å². The van der Waals surface area contributed by atoms with E-state index < -0.39 is 4.92 Å². The molecule has 0 fully saturated rings. The largest absolute Gasteiger partial charge is 0.361 e. The predicted octanol–water partition coefficient (Wildman–Crippen LogP) is 4.04. The van der Waals surface area contributed by atoms with Gasteiger partial charge in [0.15, 0.2) is 0 Å². The zero-order valence-corrected chi connectivity index (χ0v) is 11.9. The fourth-order valence-electron chi connectivity index (χ4n) is 2.88. The van der Waals surface area contributed by atoms with Crippen LogP contribution in [-0.4, -0.2) is 21.2 Å². The molecule has 4 aromatic rings. The molecule has 0 aliphatic rings. The molecule has 2 N–H and O–H groups in total. The lowest BCUT2D eigenvalue weighted by molar-refractivity contribution is -0.384. The van der Waals surface area contributed by atoms with Crippen molar-refractivity contribution in [3.8, 4) is 11.1 Å². The van der Waals surface area contributed by atoms with Crippen LogP contribution in [0.15, 0.2) is 48.8 Å². The summed E-state index contributed by atoms with van der Waals surface area (Å²) >= 11 is 0. The topological polar surface area (TPSA) is 91.8 Å². The Bertz CT molecular complexity index is 1080. The molecule has 2 aromatic carbocycles. The van der Waals surface area contributed by atoms with Gasteiger partial charge in [0.1, 0.15) is 6.29 Å². The highest BCUT2D eigenvalue weighted by Crippen LogP contribution is 2.35. The molecule has 0 aliphatic carbocycles. The Morgan fingerprint density at radius 1 is 0.913 bits per heavy atom. The van der Waals surface area contributed by atoms with Gasteiger partial charge in [-0.15, -0.1) is 0 Å². The predicted molar refractivity (Wildman–Crippen MR) is 87.6 cm³/mol. The monoisotopic (exact) mass is 305 g/mol. The van der Waals surface area contributed by atoms with Gasteiger partial charge in [0.2, 0.25) is 0 Å². The van der Waals surface area contributed by atoms with Crippen LogP contribution in [0.2, 0.25) is 0 Å². The number of nitrogens with one attached hydrogen (secondary N) is 2. The molecule has 0 aliphatic heterocycles. The summed E-state index contributed by atoms with van der Waals surface area (Å²) in [5.74, 6) is 0. The molecule has 0 radical (unpaired) electrons. The molecule has 0 saturated heterocycles. The Morgan fingerprint density at radius 3 is 2.39 bits per heavy atom. The van der Waals surface area contributed by atoms with E-state index in [0.29, 0.717) is 5.56 Å². The maximum atomic E-state index is 11.0. The van der Waals surface area contributed by atoms with Crippen LogP contribution in [0.3, 0.4) is 0 Å². The smallest absolute Gasteiger partial charge is 0.270 e. The fourth-order valence-corrected chi connectivity index (χ4v) is 2.88. The van der Waals surface area contributed by atoms with Gasteiger partial charge in [-0.1, -0.05) is 12.1 Å². The van der Waals surface area contributed by atoms with E-state index in [1.165, 1.54) is 6.07 Å². The lowest BCUT2D eigenvalue weighted by Gasteiger charge is -1.99. The number of nitro groups is 1. The second kappa shape index (κ2) is 4.81. The van der Waals surface area contributed by atoms with Gasteiger partial charge >= 0.3 is 0 Å². The minimum Gasteiger partial charge on any atom is -0.361 e. The zero-order chi connectivity index (χ0) is 16.0. The number of aromatic amines is 2. The number of carbonyl (C=O) groups excluding carboxylic acids is 1. The van der Waals surface area contributed by atoms with Gasteiger partial charge in [-0.25, -0.2) is 0 Å². The Kier molecular flexibility index (Phi) is 2.77. The number of rotatable bonds is 3. The van der Waals surface area contributed by atoms with E-state index in [1.807, 2.05) is 18.5 Å². The fraction of sp³-hybridized carbons (Fsp3) is 0. The minimum atomic E-state index is -0.401. The first-order valence-electron chi connectivity index (χ1n) is 6.99. The first-order valence-corrected chi connectivity index (χ1v) is 6.99. The van der Waals surface area contributed by atoms with Crippen molar-refractivity contribution in [2.75, 3.05) is 0 Å². The highest BCUT2D eigenvalue weighted by molar-refractivity contribution is 6.05. The molecule has 2 heterocycles. The number of benzene rings is 2. The molecule has 0 unspecified atom stereocenters. The van der Waals surface area contributed by atoms with Crippen LogP contribution in [0.25, 0.3) is 32.9 Å². The number of carbonyl (C=O) groups is 1. The third-order valence-electron chi connectivity index (χ3n) is 4.01. The van der Waals surface area contributed by atoms with Crippen LogP contribution >= 0.6 is 0 Å². The highest BCUT2D eigenvalue weighted by atomic mass is 16.6.